The zero-order valence-corrected chi connectivity index (χ0v) is 12.6. The Kier molecular flexibility index (Phi) is 4.48. The molecule has 0 spiro atoms. The molecule has 1 amide bonds. The van der Waals surface area contributed by atoms with Crippen molar-refractivity contribution in [3.63, 3.8) is 0 Å². The first-order valence-electron chi connectivity index (χ1n) is 7.53. The number of aromatic nitrogens is 3. The van der Waals surface area contributed by atoms with E-state index in [0.29, 0.717) is 18.3 Å². The van der Waals surface area contributed by atoms with E-state index in [2.05, 4.69) is 20.5 Å². The summed E-state index contributed by atoms with van der Waals surface area (Å²) in [6.07, 6.45) is 2.43. The number of nitrogens with zero attached hydrogens (tertiary/aromatic N) is 2. The van der Waals surface area contributed by atoms with Crippen molar-refractivity contribution in [3.8, 4) is 0 Å². The van der Waals surface area contributed by atoms with E-state index in [1.807, 2.05) is 37.3 Å². The molecule has 1 aromatic heterocycles. The van der Waals surface area contributed by atoms with Gasteiger partial charge in [-0.15, -0.1) is 0 Å². The number of hydrogen-bond donors (Lipinski definition) is 2. The molecule has 1 saturated carbocycles. The number of aromatic amines is 1. The summed E-state index contributed by atoms with van der Waals surface area (Å²) in [5.41, 5.74) is 0.942. The van der Waals surface area contributed by atoms with Crippen molar-refractivity contribution in [1.29, 1.82) is 0 Å². The van der Waals surface area contributed by atoms with Crippen molar-refractivity contribution in [2.45, 2.75) is 25.8 Å². The smallest absolute Gasteiger partial charge is 0.246 e. The number of carbonyl (C=O) groups excluding carboxylic acids is 1. The van der Waals surface area contributed by atoms with Crippen LogP contribution in [0.5, 0.6) is 0 Å². The Balaban J connectivity index is 1.66. The number of hydrogen-bond acceptors (Lipinski definition) is 4. The fraction of sp³-hybridized carbons (Fsp3) is 0.438. The molecule has 2 N–H and O–H groups in total. The van der Waals surface area contributed by atoms with Crippen LogP contribution in [0.25, 0.3) is 0 Å². The van der Waals surface area contributed by atoms with Gasteiger partial charge in [0.2, 0.25) is 5.91 Å². The lowest BCUT2D eigenvalue weighted by atomic mass is 10.1. The Bertz CT molecular complexity index is 622. The van der Waals surface area contributed by atoms with Gasteiger partial charge in [0.25, 0.3) is 0 Å². The third kappa shape index (κ3) is 3.92. The summed E-state index contributed by atoms with van der Waals surface area (Å²) in [5, 5.41) is 9.94. The van der Waals surface area contributed by atoms with Gasteiger partial charge >= 0.3 is 0 Å². The molecule has 2 aromatic rings. The quantitative estimate of drug-likeness (QED) is 0.816. The third-order valence-corrected chi connectivity index (χ3v) is 3.59. The Morgan fingerprint density at radius 2 is 2.18 bits per heavy atom. The Labute approximate surface area is 129 Å². The predicted octanol–water partition coefficient (Wildman–Crippen LogP) is 1.75. The highest BCUT2D eigenvalue weighted by molar-refractivity contribution is 5.78. The molecule has 1 aromatic carbocycles. The molecule has 0 bridgehead atoms. The van der Waals surface area contributed by atoms with Gasteiger partial charge in [-0.2, -0.15) is 5.10 Å². The van der Waals surface area contributed by atoms with Crippen LogP contribution in [0.3, 0.4) is 0 Å². The molecule has 1 atom stereocenters. The molecule has 116 valence electrons. The molecular weight excluding hydrogens is 280 g/mol. The second kappa shape index (κ2) is 6.70. The normalized spacial score (nSPS) is 15.5. The van der Waals surface area contributed by atoms with Crippen LogP contribution in [0.1, 0.15) is 36.1 Å². The molecule has 3 rings (SSSR count). The summed E-state index contributed by atoms with van der Waals surface area (Å²) >= 11 is 0. The molecule has 1 aliphatic carbocycles. The van der Waals surface area contributed by atoms with Crippen molar-refractivity contribution in [1.82, 2.24) is 20.5 Å². The van der Waals surface area contributed by atoms with Crippen LogP contribution < -0.4 is 5.32 Å². The van der Waals surface area contributed by atoms with E-state index in [4.69, 9.17) is 4.74 Å². The zero-order valence-electron chi connectivity index (χ0n) is 12.6. The van der Waals surface area contributed by atoms with Crippen molar-refractivity contribution in [3.05, 3.63) is 47.5 Å². The Morgan fingerprint density at radius 3 is 2.82 bits per heavy atom. The van der Waals surface area contributed by atoms with Gasteiger partial charge in [-0.25, -0.2) is 4.98 Å². The third-order valence-electron chi connectivity index (χ3n) is 3.59. The minimum absolute atomic E-state index is 0.0727. The summed E-state index contributed by atoms with van der Waals surface area (Å²) in [6.45, 7) is 2.57. The lowest BCUT2D eigenvalue weighted by Crippen LogP contribution is -2.33. The maximum Gasteiger partial charge on any atom is 0.246 e. The molecule has 1 heterocycles. The molecule has 1 fully saturated rings. The number of ether oxygens (including phenoxy) is 1. The molecule has 6 nitrogen and oxygen atoms in total. The highest BCUT2D eigenvalue weighted by Gasteiger charge is 2.23. The maximum atomic E-state index is 12.1. The van der Waals surface area contributed by atoms with E-state index in [9.17, 15) is 4.79 Å². The SMILES string of the molecule is Cc1nc([C@@H](NC(=O)COCC2CC2)c2ccccc2)n[nH]1. The molecule has 0 unspecified atom stereocenters. The standard InChI is InChI=1S/C16H20N4O2/c1-11-17-16(20-19-11)15(13-5-3-2-4-6-13)18-14(21)10-22-9-12-7-8-12/h2-6,12,15H,7-10H2,1H3,(H,18,21)(H,17,19,20)/t15-/m0/s1. The number of rotatable bonds is 7. The van der Waals surface area contributed by atoms with Crippen LogP contribution >= 0.6 is 0 Å². The van der Waals surface area contributed by atoms with Gasteiger partial charge in [0.15, 0.2) is 5.82 Å². The maximum absolute atomic E-state index is 12.1. The Hall–Kier alpha value is -2.21. The molecule has 0 saturated heterocycles. The first kappa shape index (κ1) is 14.7. The van der Waals surface area contributed by atoms with E-state index >= 15 is 0 Å². The van der Waals surface area contributed by atoms with Crippen LogP contribution in [-0.4, -0.2) is 34.3 Å². The van der Waals surface area contributed by atoms with Gasteiger partial charge < -0.3 is 10.1 Å². The lowest BCUT2D eigenvalue weighted by Gasteiger charge is -2.16. The predicted molar refractivity (Wildman–Crippen MR) is 81.1 cm³/mol. The summed E-state index contributed by atoms with van der Waals surface area (Å²) < 4.78 is 5.44. The van der Waals surface area contributed by atoms with Gasteiger partial charge in [-0.05, 0) is 31.2 Å². The summed E-state index contributed by atoms with van der Waals surface area (Å²) in [5.74, 6) is 1.76. The van der Waals surface area contributed by atoms with E-state index < -0.39 is 0 Å². The van der Waals surface area contributed by atoms with Crippen molar-refractivity contribution in [2.75, 3.05) is 13.2 Å². The van der Waals surface area contributed by atoms with Gasteiger partial charge in [0.05, 0.1) is 6.61 Å². The average Bonchev–Trinajstić information content (AvgIpc) is 3.25. The minimum Gasteiger partial charge on any atom is -0.371 e. The number of amides is 1. The first-order valence-corrected chi connectivity index (χ1v) is 7.53. The van der Waals surface area contributed by atoms with E-state index in [-0.39, 0.29) is 18.6 Å². The molecule has 1 aliphatic rings. The summed E-state index contributed by atoms with van der Waals surface area (Å²) in [7, 11) is 0. The number of nitrogens with one attached hydrogen (secondary N) is 2. The monoisotopic (exact) mass is 300 g/mol. The molecule has 0 radical (unpaired) electrons. The van der Waals surface area contributed by atoms with Crippen LogP contribution in [0.4, 0.5) is 0 Å². The lowest BCUT2D eigenvalue weighted by molar-refractivity contribution is -0.126. The van der Waals surface area contributed by atoms with Crippen molar-refractivity contribution < 1.29 is 9.53 Å². The average molecular weight is 300 g/mol. The van der Waals surface area contributed by atoms with Gasteiger partial charge in [-0.1, -0.05) is 30.3 Å². The van der Waals surface area contributed by atoms with E-state index in [1.54, 1.807) is 0 Å². The number of carbonyl (C=O) groups is 1. The second-order valence-electron chi connectivity index (χ2n) is 5.65. The highest BCUT2D eigenvalue weighted by atomic mass is 16.5. The molecule has 0 aliphatic heterocycles. The van der Waals surface area contributed by atoms with Gasteiger partial charge in [0, 0.05) is 0 Å². The second-order valence-corrected chi connectivity index (χ2v) is 5.65. The van der Waals surface area contributed by atoms with Crippen LogP contribution in [0, 0.1) is 12.8 Å². The Morgan fingerprint density at radius 1 is 1.41 bits per heavy atom. The number of H-pyrrole nitrogens is 1. The first-order chi connectivity index (χ1) is 10.7. The van der Waals surface area contributed by atoms with Crippen LogP contribution in [0.2, 0.25) is 0 Å². The van der Waals surface area contributed by atoms with E-state index in [1.165, 1.54) is 12.8 Å². The fourth-order valence-corrected chi connectivity index (χ4v) is 2.24. The molecule has 6 heteroatoms. The number of aryl methyl sites for hydroxylation is 1. The molecular formula is C16H20N4O2. The van der Waals surface area contributed by atoms with Crippen LogP contribution in [-0.2, 0) is 9.53 Å². The summed E-state index contributed by atoms with van der Waals surface area (Å²) in [6, 6.07) is 9.31. The van der Waals surface area contributed by atoms with Gasteiger partial charge in [0.1, 0.15) is 18.5 Å². The highest BCUT2D eigenvalue weighted by Crippen LogP contribution is 2.28. The fourth-order valence-electron chi connectivity index (χ4n) is 2.24. The largest absolute Gasteiger partial charge is 0.371 e. The minimum atomic E-state index is -0.372. The topological polar surface area (TPSA) is 79.9 Å². The van der Waals surface area contributed by atoms with Crippen LogP contribution in [0.15, 0.2) is 30.3 Å². The number of benzene rings is 1. The summed E-state index contributed by atoms with van der Waals surface area (Å²) in [4.78, 5) is 16.4. The molecule has 22 heavy (non-hydrogen) atoms. The van der Waals surface area contributed by atoms with E-state index in [0.717, 1.165) is 11.4 Å². The van der Waals surface area contributed by atoms with Crippen molar-refractivity contribution >= 4 is 5.91 Å². The van der Waals surface area contributed by atoms with Crippen molar-refractivity contribution in [2.24, 2.45) is 5.92 Å². The van der Waals surface area contributed by atoms with Gasteiger partial charge in [-0.3, -0.25) is 9.89 Å². The zero-order chi connectivity index (χ0) is 15.4.